The first kappa shape index (κ1) is 8.66. The predicted molar refractivity (Wildman–Crippen MR) is 54.2 cm³/mol. The molecule has 0 fully saturated rings. The van der Waals surface area contributed by atoms with Crippen molar-refractivity contribution < 1.29 is 0 Å². The molecule has 0 radical (unpaired) electrons. The molecule has 0 saturated heterocycles. The third kappa shape index (κ3) is 1.45. The molecule has 13 heavy (non-hydrogen) atoms. The Hall–Kier alpha value is -0.930. The van der Waals surface area contributed by atoms with E-state index in [1.165, 1.54) is 0 Å². The molecule has 0 bridgehead atoms. The Kier molecular flexibility index (Phi) is 2.06. The molecule has 5 heteroatoms. The minimum absolute atomic E-state index is 0.359. The second-order valence-corrected chi connectivity index (χ2v) is 3.41. The van der Waals surface area contributed by atoms with Gasteiger partial charge < -0.3 is 5.73 Å². The first-order valence-electron chi connectivity index (χ1n) is 3.70. The van der Waals surface area contributed by atoms with Crippen LogP contribution >= 0.6 is 23.2 Å². The smallest absolute Gasteiger partial charge is 0.146 e. The highest BCUT2D eigenvalue weighted by Crippen LogP contribution is 2.18. The summed E-state index contributed by atoms with van der Waals surface area (Å²) in [7, 11) is 0. The lowest BCUT2D eigenvalue weighted by molar-refractivity contribution is 0.910. The summed E-state index contributed by atoms with van der Waals surface area (Å²) in [5.41, 5.74) is 7.24. The third-order valence-corrected chi connectivity index (χ3v) is 2.25. The highest BCUT2D eigenvalue weighted by atomic mass is 35.5. The van der Waals surface area contributed by atoms with Crippen LogP contribution in [0.15, 0.2) is 18.2 Å². The van der Waals surface area contributed by atoms with E-state index < -0.39 is 0 Å². The van der Waals surface area contributed by atoms with Crippen LogP contribution in [0.3, 0.4) is 0 Å². The van der Waals surface area contributed by atoms with Crippen LogP contribution in [0, 0.1) is 0 Å². The molecule has 68 valence electrons. The van der Waals surface area contributed by atoms with Crippen molar-refractivity contribution in [2.24, 2.45) is 0 Å². The van der Waals surface area contributed by atoms with Gasteiger partial charge in [-0.1, -0.05) is 11.6 Å². The Morgan fingerprint density at radius 1 is 1.38 bits per heavy atom. The molecule has 0 aliphatic heterocycles. The number of anilines is 1. The number of halogens is 2. The Balaban J connectivity index is 2.80. The highest BCUT2D eigenvalue weighted by Gasteiger charge is 2.04. The molecular formula is C8H7Cl2N3. The number of alkyl halides is 1. The SMILES string of the molecule is Nc1cc2cc(Cl)cc(CCl)n2n1. The highest BCUT2D eigenvalue weighted by molar-refractivity contribution is 6.31. The summed E-state index contributed by atoms with van der Waals surface area (Å²) in [6.45, 7) is 0. The van der Waals surface area contributed by atoms with Crippen LogP contribution in [-0.2, 0) is 5.88 Å². The molecule has 2 rings (SSSR count). The van der Waals surface area contributed by atoms with Crippen LogP contribution in [-0.4, -0.2) is 9.61 Å². The summed E-state index contributed by atoms with van der Waals surface area (Å²) in [5, 5.41) is 4.72. The van der Waals surface area contributed by atoms with Crippen molar-refractivity contribution in [1.29, 1.82) is 0 Å². The van der Waals surface area contributed by atoms with Gasteiger partial charge in [-0.2, -0.15) is 5.10 Å². The lowest BCUT2D eigenvalue weighted by atomic mass is 10.3. The van der Waals surface area contributed by atoms with Crippen molar-refractivity contribution in [3.63, 3.8) is 0 Å². The molecule has 0 aliphatic carbocycles. The minimum Gasteiger partial charge on any atom is -0.382 e. The van der Waals surface area contributed by atoms with Gasteiger partial charge >= 0.3 is 0 Å². The van der Waals surface area contributed by atoms with E-state index in [1.807, 2.05) is 0 Å². The molecule has 0 unspecified atom stereocenters. The molecule has 0 saturated carbocycles. The molecule has 2 N–H and O–H groups in total. The summed E-state index contributed by atoms with van der Waals surface area (Å²) < 4.78 is 1.69. The average Bonchev–Trinajstić information content (AvgIpc) is 2.43. The average molecular weight is 216 g/mol. The number of hydrogen-bond acceptors (Lipinski definition) is 2. The summed E-state index contributed by atoms with van der Waals surface area (Å²) in [6, 6.07) is 5.32. The fourth-order valence-electron chi connectivity index (χ4n) is 1.25. The van der Waals surface area contributed by atoms with Crippen LogP contribution in [0.5, 0.6) is 0 Å². The number of nitrogens with two attached hydrogens (primary N) is 1. The summed E-state index contributed by atoms with van der Waals surface area (Å²) in [4.78, 5) is 0. The van der Waals surface area contributed by atoms with Gasteiger partial charge in [0.05, 0.1) is 17.1 Å². The molecule has 3 nitrogen and oxygen atoms in total. The van der Waals surface area contributed by atoms with E-state index in [9.17, 15) is 0 Å². The largest absolute Gasteiger partial charge is 0.382 e. The van der Waals surface area contributed by atoms with Gasteiger partial charge in [0.2, 0.25) is 0 Å². The fourth-order valence-corrected chi connectivity index (χ4v) is 1.67. The van der Waals surface area contributed by atoms with Gasteiger partial charge in [-0.05, 0) is 12.1 Å². The van der Waals surface area contributed by atoms with Crippen LogP contribution in [0.25, 0.3) is 5.52 Å². The second kappa shape index (κ2) is 3.09. The van der Waals surface area contributed by atoms with Crippen LogP contribution in [0.4, 0.5) is 5.82 Å². The van der Waals surface area contributed by atoms with Crippen LogP contribution in [0.1, 0.15) is 5.69 Å². The predicted octanol–water partition coefficient (Wildman–Crippen LogP) is 2.31. The van der Waals surface area contributed by atoms with Gasteiger partial charge in [0.1, 0.15) is 5.82 Å². The molecular weight excluding hydrogens is 209 g/mol. The monoisotopic (exact) mass is 215 g/mol. The normalized spacial score (nSPS) is 10.9. The van der Waals surface area contributed by atoms with E-state index in [4.69, 9.17) is 28.9 Å². The zero-order chi connectivity index (χ0) is 9.42. The van der Waals surface area contributed by atoms with Crippen molar-refractivity contribution in [2.45, 2.75) is 5.88 Å². The standard InChI is InChI=1S/C8H7Cl2N3/c9-4-7-2-5(10)1-6-3-8(11)12-13(6)7/h1-3H,4H2,(H2,11,12). The first-order chi connectivity index (χ1) is 6.20. The van der Waals surface area contributed by atoms with Gasteiger partial charge in [0.15, 0.2) is 0 Å². The van der Waals surface area contributed by atoms with Crippen LogP contribution < -0.4 is 5.73 Å². The summed E-state index contributed by atoms with van der Waals surface area (Å²) in [5.74, 6) is 0.826. The van der Waals surface area contributed by atoms with E-state index in [1.54, 1.807) is 22.7 Å². The Morgan fingerprint density at radius 3 is 2.85 bits per heavy atom. The summed E-state index contributed by atoms with van der Waals surface area (Å²) in [6.07, 6.45) is 0. The molecule has 0 amide bonds. The molecule has 0 aromatic carbocycles. The Labute approximate surface area is 85.0 Å². The Bertz CT molecular complexity index is 450. The van der Waals surface area contributed by atoms with Gasteiger partial charge in [-0.25, -0.2) is 4.52 Å². The van der Waals surface area contributed by atoms with E-state index in [2.05, 4.69) is 5.10 Å². The topological polar surface area (TPSA) is 43.3 Å². The lowest BCUT2D eigenvalue weighted by Gasteiger charge is -2.00. The number of hydrogen-bond donors (Lipinski definition) is 1. The number of pyridine rings is 1. The molecule has 2 heterocycles. The maximum Gasteiger partial charge on any atom is 0.146 e. The van der Waals surface area contributed by atoms with Crippen molar-refractivity contribution in [1.82, 2.24) is 9.61 Å². The second-order valence-electron chi connectivity index (χ2n) is 2.70. The van der Waals surface area contributed by atoms with Gasteiger partial charge in [0, 0.05) is 11.1 Å². The van der Waals surface area contributed by atoms with E-state index in [0.29, 0.717) is 16.7 Å². The number of rotatable bonds is 1. The molecule has 0 aliphatic rings. The van der Waals surface area contributed by atoms with Crippen molar-refractivity contribution in [3.05, 3.63) is 28.9 Å². The quantitative estimate of drug-likeness (QED) is 0.743. The third-order valence-electron chi connectivity index (χ3n) is 1.76. The maximum absolute atomic E-state index is 5.87. The number of aromatic nitrogens is 2. The molecule has 2 aromatic heterocycles. The van der Waals surface area contributed by atoms with E-state index in [-0.39, 0.29) is 0 Å². The molecule has 0 spiro atoms. The zero-order valence-electron chi connectivity index (χ0n) is 6.67. The number of nitrogen functional groups attached to an aromatic ring is 1. The van der Waals surface area contributed by atoms with Gasteiger partial charge in [-0.3, -0.25) is 0 Å². The van der Waals surface area contributed by atoms with E-state index in [0.717, 1.165) is 11.2 Å². The van der Waals surface area contributed by atoms with Crippen LogP contribution in [0.2, 0.25) is 5.02 Å². The maximum atomic E-state index is 5.87. The number of fused-ring (bicyclic) bond motifs is 1. The van der Waals surface area contributed by atoms with Crippen molar-refractivity contribution >= 4 is 34.5 Å². The van der Waals surface area contributed by atoms with Gasteiger partial charge in [-0.15, -0.1) is 11.6 Å². The fraction of sp³-hybridized carbons (Fsp3) is 0.125. The molecule has 0 atom stereocenters. The van der Waals surface area contributed by atoms with Crippen molar-refractivity contribution in [3.8, 4) is 0 Å². The zero-order valence-corrected chi connectivity index (χ0v) is 8.18. The lowest BCUT2D eigenvalue weighted by Crippen LogP contribution is -1.96. The summed E-state index contributed by atoms with van der Waals surface area (Å²) >= 11 is 11.6. The first-order valence-corrected chi connectivity index (χ1v) is 4.61. The van der Waals surface area contributed by atoms with E-state index >= 15 is 0 Å². The number of nitrogens with zero attached hydrogens (tertiary/aromatic N) is 2. The minimum atomic E-state index is 0.359. The molecule has 2 aromatic rings. The van der Waals surface area contributed by atoms with Gasteiger partial charge in [0.25, 0.3) is 0 Å². The van der Waals surface area contributed by atoms with Crippen molar-refractivity contribution in [2.75, 3.05) is 5.73 Å². The Morgan fingerprint density at radius 2 is 2.15 bits per heavy atom.